The first-order valence-corrected chi connectivity index (χ1v) is 13.0. The lowest BCUT2D eigenvalue weighted by Gasteiger charge is -2.19. The number of nitrogens with zero attached hydrogens (tertiary/aromatic N) is 5. The molecule has 2 N–H and O–H groups in total. The van der Waals surface area contributed by atoms with E-state index in [0.29, 0.717) is 12.0 Å². The molecule has 0 bridgehead atoms. The molecule has 4 rings (SSSR count). The summed E-state index contributed by atoms with van der Waals surface area (Å²) in [4.78, 5) is 15.7. The molecule has 0 radical (unpaired) electrons. The first-order valence-electron chi connectivity index (χ1n) is 10.9. The van der Waals surface area contributed by atoms with Crippen molar-refractivity contribution in [1.29, 1.82) is 0 Å². The van der Waals surface area contributed by atoms with Crippen molar-refractivity contribution in [3.8, 4) is 0 Å². The number of aromatic nitrogens is 4. The number of imidazole rings is 1. The standard InChI is InChI=1S/C24H29N7O2S/c1-16(2)26-24-28-20-14-19(10-11-21(20)31(24)4)30(3)22-12-13-25-23(29-22)27-18-8-6-17(7-9-18)15-34(5,32)33/h6-14,16H,15H2,1-5H3,(H,26,28)(H,25,27,29). The Morgan fingerprint density at radius 2 is 1.79 bits per heavy atom. The number of hydrogen-bond donors (Lipinski definition) is 2. The highest BCUT2D eigenvalue weighted by Crippen LogP contribution is 2.28. The fourth-order valence-corrected chi connectivity index (χ4v) is 4.43. The van der Waals surface area contributed by atoms with Crippen molar-refractivity contribution in [2.45, 2.75) is 25.6 Å². The van der Waals surface area contributed by atoms with E-state index < -0.39 is 9.84 Å². The molecule has 0 aliphatic carbocycles. The Morgan fingerprint density at radius 3 is 2.47 bits per heavy atom. The van der Waals surface area contributed by atoms with Gasteiger partial charge in [0.2, 0.25) is 11.9 Å². The molecule has 34 heavy (non-hydrogen) atoms. The van der Waals surface area contributed by atoms with E-state index in [4.69, 9.17) is 4.98 Å². The molecule has 0 saturated heterocycles. The average molecular weight is 480 g/mol. The summed E-state index contributed by atoms with van der Waals surface area (Å²) >= 11 is 0. The van der Waals surface area contributed by atoms with Crippen LogP contribution in [0.25, 0.3) is 11.0 Å². The Hall–Kier alpha value is -3.66. The zero-order chi connectivity index (χ0) is 24.5. The van der Waals surface area contributed by atoms with E-state index in [9.17, 15) is 8.42 Å². The van der Waals surface area contributed by atoms with Gasteiger partial charge in [0.15, 0.2) is 9.84 Å². The summed E-state index contributed by atoms with van der Waals surface area (Å²) in [7, 11) is 0.877. The summed E-state index contributed by atoms with van der Waals surface area (Å²) in [5.74, 6) is 2.02. The zero-order valence-electron chi connectivity index (χ0n) is 19.9. The number of anilines is 5. The van der Waals surface area contributed by atoms with Gasteiger partial charge in [0.05, 0.1) is 16.8 Å². The van der Waals surface area contributed by atoms with Crippen molar-refractivity contribution in [3.05, 3.63) is 60.3 Å². The molecular formula is C24H29N7O2S. The Morgan fingerprint density at radius 1 is 1.06 bits per heavy atom. The number of fused-ring (bicyclic) bond motifs is 1. The van der Waals surface area contributed by atoms with Gasteiger partial charge in [-0.25, -0.2) is 18.4 Å². The molecule has 0 aliphatic rings. The highest BCUT2D eigenvalue weighted by Gasteiger charge is 2.13. The Bertz CT molecular complexity index is 1410. The van der Waals surface area contributed by atoms with Gasteiger partial charge in [-0.3, -0.25) is 0 Å². The second-order valence-electron chi connectivity index (χ2n) is 8.66. The molecule has 0 aliphatic heterocycles. The molecule has 2 aromatic carbocycles. The molecule has 0 amide bonds. The van der Waals surface area contributed by atoms with E-state index in [-0.39, 0.29) is 5.75 Å². The minimum Gasteiger partial charge on any atom is -0.353 e. The first-order chi connectivity index (χ1) is 16.1. The van der Waals surface area contributed by atoms with Crippen LogP contribution in [0.1, 0.15) is 19.4 Å². The van der Waals surface area contributed by atoms with Crippen LogP contribution in [0.4, 0.5) is 29.1 Å². The van der Waals surface area contributed by atoms with Gasteiger partial charge in [0, 0.05) is 44.0 Å². The van der Waals surface area contributed by atoms with Crippen LogP contribution < -0.4 is 15.5 Å². The molecule has 4 aromatic rings. The molecule has 10 heteroatoms. The van der Waals surface area contributed by atoms with E-state index in [1.807, 2.05) is 53.9 Å². The number of benzene rings is 2. The van der Waals surface area contributed by atoms with Crippen LogP contribution in [0.3, 0.4) is 0 Å². The predicted molar refractivity (Wildman–Crippen MR) is 138 cm³/mol. The minimum atomic E-state index is -3.07. The maximum Gasteiger partial charge on any atom is 0.229 e. The van der Waals surface area contributed by atoms with Crippen molar-refractivity contribution in [2.75, 3.05) is 28.8 Å². The number of hydrogen-bond acceptors (Lipinski definition) is 8. The molecule has 0 fully saturated rings. The highest BCUT2D eigenvalue weighted by molar-refractivity contribution is 7.89. The van der Waals surface area contributed by atoms with Gasteiger partial charge >= 0.3 is 0 Å². The van der Waals surface area contributed by atoms with Crippen molar-refractivity contribution in [1.82, 2.24) is 19.5 Å². The predicted octanol–water partition coefficient (Wildman–Crippen LogP) is 4.24. The van der Waals surface area contributed by atoms with Gasteiger partial charge in [-0.2, -0.15) is 4.98 Å². The molecular weight excluding hydrogens is 450 g/mol. The van der Waals surface area contributed by atoms with Crippen molar-refractivity contribution in [2.24, 2.45) is 7.05 Å². The van der Waals surface area contributed by atoms with E-state index in [0.717, 1.165) is 39.7 Å². The van der Waals surface area contributed by atoms with Gasteiger partial charge < -0.3 is 20.1 Å². The molecule has 0 saturated carbocycles. The summed E-state index contributed by atoms with van der Waals surface area (Å²) in [6, 6.07) is 15.5. The summed E-state index contributed by atoms with van der Waals surface area (Å²) in [6.07, 6.45) is 2.92. The SMILES string of the molecule is CC(C)Nc1nc2cc(N(C)c3ccnc(Nc4ccc(CS(C)(=O)=O)cc4)n3)ccc2n1C. The van der Waals surface area contributed by atoms with Gasteiger partial charge in [-0.1, -0.05) is 12.1 Å². The summed E-state index contributed by atoms with van der Waals surface area (Å²) in [5, 5.41) is 6.54. The lowest BCUT2D eigenvalue weighted by Crippen LogP contribution is -2.13. The van der Waals surface area contributed by atoms with E-state index in [2.05, 4.69) is 40.5 Å². The quantitative estimate of drug-likeness (QED) is 0.387. The smallest absolute Gasteiger partial charge is 0.229 e. The van der Waals surface area contributed by atoms with Crippen molar-refractivity contribution < 1.29 is 8.42 Å². The second kappa shape index (κ2) is 9.30. The lowest BCUT2D eigenvalue weighted by atomic mass is 10.2. The Kier molecular flexibility index (Phi) is 6.43. The first kappa shape index (κ1) is 23.5. The van der Waals surface area contributed by atoms with Crippen LogP contribution in [0.15, 0.2) is 54.7 Å². The van der Waals surface area contributed by atoms with Crippen LogP contribution in [0.5, 0.6) is 0 Å². The van der Waals surface area contributed by atoms with Crippen LogP contribution in [0, 0.1) is 0 Å². The highest BCUT2D eigenvalue weighted by atomic mass is 32.2. The summed E-state index contributed by atoms with van der Waals surface area (Å²) in [6.45, 7) is 4.17. The molecule has 2 aromatic heterocycles. The maximum absolute atomic E-state index is 11.5. The van der Waals surface area contributed by atoms with E-state index in [1.54, 1.807) is 18.3 Å². The van der Waals surface area contributed by atoms with Crippen LogP contribution in [0.2, 0.25) is 0 Å². The molecule has 178 valence electrons. The average Bonchev–Trinajstić information content (AvgIpc) is 3.08. The van der Waals surface area contributed by atoms with Crippen LogP contribution in [-0.2, 0) is 22.6 Å². The van der Waals surface area contributed by atoms with Crippen molar-refractivity contribution in [3.63, 3.8) is 0 Å². The maximum atomic E-state index is 11.5. The summed E-state index contributed by atoms with van der Waals surface area (Å²) < 4.78 is 25.0. The summed E-state index contributed by atoms with van der Waals surface area (Å²) in [5.41, 5.74) is 4.41. The third-order valence-electron chi connectivity index (χ3n) is 5.29. The van der Waals surface area contributed by atoms with Crippen LogP contribution in [-0.4, -0.2) is 47.3 Å². The van der Waals surface area contributed by atoms with Crippen LogP contribution >= 0.6 is 0 Å². The second-order valence-corrected chi connectivity index (χ2v) is 10.8. The number of aryl methyl sites for hydroxylation is 1. The third kappa shape index (κ3) is 5.45. The van der Waals surface area contributed by atoms with Gasteiger partial charge in [0.25, 0.3) is 0 Å². The van der Waals surface area contributed by atoms with Gasteiger partial charge in [-0.15, -0.1) is 0 Å². The van der Waals surface area contributed by atoms with Crippen molar-refractivity contribution >= 4 is 50.0 Å². The molecule has 9 nitrogen and oxygen atoms in total. The fraction of sp³-hybridized carbons (Fsp3) is 0.292. The largest absolute Gasteiger partial charge is 0.353 e. The molecule has 0 spiro atoms. The monoisotopic (exact) mass is 479 g/mol. The topological polar surface area (TPSA) is 105 Å². The number of nitrogens with one attached hydrogen (secondary N) is 2. The third-order valence-corrected chi connectivity index (χ3v) is 6.15. The Labute approximate surface area is 199 Å². The Balaban J connectivity index is 1.53. The van der Waals surface area contributed by atoms with Gasteiger partial charge in [-0.05, 0) is 55.8 Å². The molecule has 2 heterocycles. The van der Waals surface area contributed by atoms with E-state index >= 15 is 0 Å². The number of rotatable bonds is 8. The fourth-order valence-electron chi connectivity index (χ4n) is 3.63. The normalized spacial score (nSPS) is 11.7. The minimum absolute atomic E-state index is 0.0136. The zero-order valence-corrected chi connectivity index (χ0v) is 20.8. The van der Waals surface area contributed by atoms with Gasteiger partial charge in [0.1, 0.15) is 5.82 Å². The molecule has 0 unspecified atom stereocenters. The van der Waals surface area contributed by atoms with E-state index in [1.165, 1.54) is 6.26 Å². The molecule has 0 atom stereocenters. The number of sulfone groups is 1. The lowest BCUT2D eigenvalue weighted by molar-refractivity contribution is 0.601.